The van der Waals surface area contributed by atoms with E-state index in [1.54, 1.807) is 19.4 Å². The zero-order valence-electron chi connectivity index (χ0n) is 8.56. The van der Waals surface area contributed by atoms with Gasteiger partial charge in [-0.3, -0.25) is 9.59 Å². The van der Waals surface area contributed by atoms with Crippen LogP contribution in [0.2, 0.25) is 0 Å². The maximum Gasteiger partial charge on any atom is 0.303 e. The van der Waals surface area contributed by atoms with Crippen molar-refractivity contribution in [3.63, 3.8) is 0 Å². The molecule has 1 rings (SSSR count). The van der Waals surface area contributed by atoms with Gasteiger partial charge in [-0.15, -0.1) is 0 Å². The van der Waals surface area contributed by atoms with Crippen LogP contribution in [0.3, 0.4) is 0 Å². The van der Waals surface area contributed by atoms with Gasteiger partial charge in [0.05, 0.1) is 6.42 Å². The molecule has 0 saturated heterocycles. The Morgan fingerprint density at radius 1 is 1.47 bits per heavy atom. The highest BCUT2D eigenvalue weighted by atomic mass is 16.4. The number of carboxylic acids is 1. The molecule has 0 bridgehead atoms. The summed E-state index contributed by atoms with van der Waals surface area (Å²) in [5, 5.41) is 8.43. The molecule has 1 heterocycles. The Kier molecular flexibility index (Phi) is 3.91. The lowest BCUT2D eigenvalue weighted by atomic mass is 10.2. The SMILES string of the molecule is CN(Cc1cc[nH]c1)C(=O)CCC(=O)O. The zero-order valence-corrected chi connectivity index (χ0v) is 8.56. The molecule has 0 saturated carbocycles. The Bertz CT molecular complexity index is 332. The molecule has 1 amide bonds. The van der Waals surface area contributed by atoms with E-state index in [2.05, 4.69) is 4.98 Å². The Hall–Kier alpha value is -1.78. The van der Waals surface area contributed by atoms with Crippen molar-refractivity contribution in [1.29, 1.82) is 0 Å². The van der Waals surface area contributed by atoms with E-state index in [-0.39, 0.29) is 18.7 Å². The van der Waals surface area contributed by atoms with Crippen LogP contribution < -0.4 is 0 Å². The molecule has 0 spiro atoms. The third kappa shape index (κ3) is 3.84. The molecule has 0 aliphatic carbocycles. The van der Waals surface area contributed by atoms with Crippen molar-refractivity contribution in [2.24, 2.45) is 0 Å². The number of aromatic nitrogens is 1. The maximum absolute atomic E-state index is 11.4. The second kappa shape index (κ2) is 5.19. The van der Waals surface area contributed by atoms with Crippen LogP contribution in [0.1, 0.15) is 18.4 Å². The molecule has 1 aromatic rings. The van der Waals surface area contributed by atoms with Crippen molar-refractivity contribution >= 4 is 11.9 Å². The molecule has 1 aromatic heterocycles. The molecule has 5 heteroatoms. The quantitative estimate of drug-likeness (QED) is 0.756. The summed E-state index contributed by atoms with van der Waals surface area (Å²) in [7, 11) is 1.66. The van der Waals surface area contributed by atoms with Gasteiger partial charge in [0.1, 0.15) is 0 Å². The first-order valence-corrected chi connectivity index (χ1v) is 4.67. The van der Waals surface area contributed by atoms with Gasteiger partial charge in [-0.05, 0) is 11.6 Å². The largest absolute Gasteiger partial charge is 0.481 e. The van der Waals surface area contributed by atoms with Crippen molar-refractivity contribution in [3.8, 4) is 0 Å². The average molecular weight is 210 g/mol. The van der Waals surface area contributed by atoms with Crippen LogP contribution in [0, 0.1) is 0 Å². The first-order chi connectivity index (χ1) is 7.09. The molecule has 0 aliphatic rings. The Balaban J connectivity index is 2.36. The molecule has 82 valence electrons. The van der Waals surface area contributed by atoms with Gasteiger partial charge in [0, 0.05) is 32.4 Å². The first-order valence-electron chi connectivity index (χ1n) is 4.67. The van der Waals surface area contributed by atoms with Gasteiger partial charge in [-0.1, -0.05) is 0 Å². The molecular formula is C10H14N2O3. The summed E-state index contributed by atoms with van der Waals surface area (Å²) in [6.45, 7) is 0.502. The van der Waals surface area contributed by atoms with Crippen molar-refractivity contribution in [3.05, 3.63) is 24.0 Å². The van der Waals surface area contributed by atoms with Crippen LogP contribution in [0.5, 0.6) is 0 Å². The van der Waals surface area contributed by atoms with Crippen LogP contribution in [-0.4, -0.2) is 33.9 Å². The molecule has 0 fully saturated rings. The summed E-state index contributed by atoms with van der Waals surface area (Å²) in [6.07, 6.45) is 3.53. The molecule has 0 radical (unpaired) electrons. The van der Waals surface area contributed by atoms with E-state index >= 15 is 0 Å². The zero-order chi connectivity index (χ0) is 11.3. The number of aromatic amines is 1. The molecule has 5 nitrogen and oxygen atoms in total. The Labute approximate surface area is 87.7 Å². The number of carboxylic acid groups (broad SMARTS) is 1. The van der Waals surface area contributed by atoms with Gasteiger partial charge in [0.15, 0.2) is 0 Å². The van der Waals surface area contributed by atoms with Crippen molar-refractivity contribution in [1.82, 2.24) is 9.88 Å². The van der Waals surface area contributed by atoms with E-state index in [1.807, 2.05) is 6.07 Å². The van der Waals surface area contributed by atoms with Gasteiger partial charge < -0.3 is 15.0 Å². The number of hydrogen-bond acceptors (Lipinski definition) is 2. The molecule has 15 heavy (non-hydrogen) atoms. The lowest BCUT2D eigenvalue weighted by Crippen LogP contribution is -2.26. The molecule has 0 aliphatic heterocycles. The molecule has 2 N–H and O–H groups in total. The summed E-state index contributed by atoms with van der Waals surface area (Å²) in [6, 6.07) is 1.88. The van der Waals surface area contributed by atoms with Gasteiger partial charge in [-0.2, -0.15) is 0 Å². The van der Waals surface area contributed by atoms with E-state index < -0.39 is 5.97 Å². The highest BCUT2D eigenvalue weighted by molar-refractivity contribution is 5.80. The fourth-order valence-electron chi connectivity index (χ4n) is 1.22. The van der Waals surface area contributed by atoms with Gasteiger partial charge in [-0.25, -0.2) is 0 Å². The van der Waals surface area contributed by atoms with E-state index in [0.717, 1.165) is 5.56 Å². The van der Waals surface area contributed by atoms with E-state index in [4.69, 9.17) is 5.11 Å². The third-order valence-corrected chi connectivity index (χ3v) is 2.06. The smallest absolute Gasteiger partial charge is 0.303 e. The average Bonchev–Trinajstić information content (AvgIpc) is 2.66. The van der Waals surface area contributed by atoms with Crippen molar-refractivity contribution < 1.29 is 14.7 Å². The van der Waals surface area contributed by atoms with Gasteiger partial charge in [0.2, 0.25) is 5.91 Å². The molecular weight excluding hydrogens is 196 g/mol. The standard InChI is InChI=1S/C10H14N2O3/c1-12(7-8-4-5-11-6-8)9(13)2-3-10(14)15/h4-6,11H,2-3,7H2,1H3,(H,14,15). The predicted molar refractivity (Wildman–Crippen MR) is 54.1 cm³/mol. The number of rotatable bonds is 5. The van der Waals surface area contributed by atoms with Gasteiger partial charge in [0.25, 0.3) is 0 Å². The molecule has 0 aromatic carbocycles. The maximum atomic E-state index is 11.4. The first kappa shape index (κ1) is 11.3. The number of carbonyl (C=O) groups is 2. The number of H-pyrrole nitrogens is 1. The van der Waals surface area contributed by atoms with E-state index in [9.17, 15) is 9.59 Å². The summed E-state index contributed by atoms with van der Waals surface area (Å²) in [5.74, 6) is -1.10. The Morgan fingerprint density at radius 3 is 2.73 bits per heavy atom. The van der Waals surface area contributed by atoms with E-state index in [1.165, 1.54) is 4.90 Å². The number of hydrogen-bond donors (Lipinski definition) is 2. The molecule has 0 unspecified atom stereocenters. The minimum atomic E-state index is -0.946. The lowest BCUT2D eigenvalue weighted by molar-refractivity contribution is -0.140. The van der Waals surface area contributed by atoms with Crippen molar-refractivity contribution in [2.75, 3.05) is 7.05 Å². The number of aliphatic carboxylic acids is 1. The van der Waals surface area contributed by atoms with Crippen LogP contribution >= 0.6 is 0 Å². The van der Waals surface area contributed by atoms with Crippen LogP contribution in [0.15, 0.2) is 18.5 Å². The summed E-state index contributed by atoms with van der Waals surface area (Å²) in [4.78, 5) is 26.1. The van der Waals surface area contributed by atoms with Crippen LogP contribution in [0.25, 0.3) is 0 Å². The normalized spacial score (nSPS) is 9.93. The predicted octanol–water partition coefficient (Wildman–Crippen LogP) is 0.838. The second-order valence-corrected chi connectivity index (χ2v) is 3.36. The summed E-state index contributed by atoms with van der Waals surface area (Å²) >= 11 is 0. The highest BCUT2D eigenvalue weighted by Gasteiger charge is 2.10. The third-order valence-electron chi connectivity index (χ3n) is 2.06. The number of nitrogens with one attached hydrogen (secondary N) is 1. The topological polar surface area (TPSA) is 73.4 Å². The number of amides is 1. The van der Waals surface area contributed by atoms with Crippen LogP contribution in [-0.2, 0) is 16.1 Å². The summed E-state index contributed by atoms with van der Waals surface area (Å²) < 4.78 is 0. The fraction of sp³-hybridized carbons (Fsp3) is 0.400. The number of nitrogens with zero attached hydrogens (tertiary/aromatic N) is 1. The molecule has 0 atom stereocenters. The lowest BCUT2D eigenvalue weighted by Gasteiger charge is -2.15. The van der Waals surface area contributed by atoms with E-state index in [0.29, 0.717) is 6.54 Å². The Morgan fingerprint density at radius 2 is 2.20 bits per heavy atom. The monoisotopic (exact) mass is 210 g/mol. The number of carbonyl (C=O) groups excluding carboxylic acids is 1. The van der Waals surface area contributed by atoms with Crippen molar-refractivity contribution in [2.45, 2.75) is 19.4 Å². The second-order valence-electron chi connectivity index (χ2n) is 3.36. The summed E-state index contributed by atoms with van der Waals surface area (Å²) in [5.41, 5.74) is 1.00. The van der Waals surface area contributed by atoms with Crippen LogP contribution in [0.4, 0.5) is 0 Å². The minimum Gasteiger partial charge on any atom is -0.481 e. The van der Waals surface area contributed by atoms with Gasteiger partial charge >= 0.3 is 5.97 Å². The minimum absolute atomic E-state index is 0.0518. The fourth-order valence-corrected chi connectivity index (χ4v) is 1.22. The highest BCUT2D eigenvalue weighted by Crippen LogP contribution is 2.04.